The highest BCUT2D eigenvalue weighted by molar-refractivity contribution is 7.89. The Morgan fingerprint density at radius 2 is 1.71 bits per heavy atom. The maximum Gasteiger partial charge on any atom is 0.281 e. The van der Waals surface area contributed by atoms with Crippen molar-refractivity contribution in [2.45, 2.75) is 51.6 Å². The molecule has 218 valence electrons. The molecule has 2 aliphatic heterocycles. The molecule has 4 aromatic rings. The lowest BCUT2D eigenvalue weighted by molar-refractivity contribution is 0.0942. The van der Waals surface area contributed by atoms with Crippen LogP contribution < -0.4 is 5.32 Å². The lowest BCUT2D eigenvalue weighted by Crippen LogP contribution is -2.35. The van der Waals surface area contributed by atoms with Gasteiger partial charge in [0.1, 0.15) is 5.00 Å². The number of thiophene rings is 1. The van der Waals surface area contributed by atoms with Crippen LogP contribution in [-0.4, -0.2) is 58.9 Å². The number of fused-ring (bicyclic) bond motifs is 2. The number of carbonyl (C=O) groups excluding carboxylic acids is 2. The molecule has 9 nitrogen and oxygen atoms in total. The van der Waals surface area contributed by atoms with Gasteiger partial charge in [-0.3, -0.25) is 14.5 Å². The van der Waals surface area contributed by atoms with E-state index in [1.165, 1.54) is 50.2 Å². The molecule has 11 heteroatoms. The molecule has 0 saturated carbocycles. The summed E-state index contributed by atoms with van der Waals surface area (Å²) in [4.78, 5) is 30.7. The van der Waals surface area contributed by atoms with Crippen molar-refractivity contribution in [3.63, 3.8) is 0 Å². The molecule has 2 aromatic carbocycles. The smallest absolute Gasteiger partial charge is 0.281 e. The van der Waals surface area contributed by atoms with E-state index in [0.717, 1.165) is 47.0 Å². The number of hydrogen-bond donors (Lipinski definition) is 1. The Bertz CT molecular complexity index is 1790. The van der Waals surface area contributed by atoms with Crippen LogP contribution in [0, 0.1) is 13.8 Å². The largest absolute Gasteiger partial charge is 0.313 e. The van der Waals surface area contributed by atoms with Crippen LogP contribution in [0.2, 0.25) is 0 Å². The number of aryl methyl sites for hydroxylation is 2. The van der Waals surface area contributed by atoms with E-state index in [2.05, 4.69) is 22.2 Å². The number of amides is 1. The van der Waals surface area contributed by atoms with E-state index >= 15 is 0 Å². The van der Waals surface area contributed by atoms with Crippen LogP contribution in [0.3, 0.4) is 0 Å². The van der Waals surface area contributed by atoms with E-state index in [-0.39, 0.29) is 10.8 Å². The standard InChI is InChI=1S/C31H33N5O4S2/c1-4-34-15-14-26-27(19-34)41-30(28(26)31(38)36-21(3)17-20(2)33-36)32-29(37)23-9-11-25(12-10-23)42(39,40)35-16-13-22-7-5-6-8-24(22)18-35/h5-12,17H,4,13-16,18-19H2,1-3H3,(H,32,37). The van der Waals surface area contributed by atoms with E-state index in [4.69, 9.17) is 0 Å². The highest BCUT2D eigenvalue weighted by atomic mass is 32.2. The molecule has 1 N–H and O–H groups in total. The number of rotatable bonds is 6. The first-order chi connectivity index (χ1) is 20.2. The summed E-state index contributed by atoms with van der Waals surface area (Å²) in [5.41, 5.74) is 5.41. The van der Waals surface area contributed by atoms with Crippen LogP contribution in [0.1, 0.15) is 60.6 Å². The number of likely N-dealkylation sites (N-methyl/N-ethyl adjacent to an activating group) is 1. The highest BCUT2D eigenvalue weighted by Gasteiger charge is 2.31. The summed E-state index contributed by atoms with van der Waals surface area (Å²) in [5, 5.41) is 7.85. The number of nitrogens with one attached hydrogen (secondary N) is 1. The number of anilines is 1. The van der Waals surface area contributed by atoms with E-state index < -0.39 is 15.9 Å². The zero-order valence-electron chi connectivity index (χ0n) is 23.9. The van der Waals surface area contributed by atoms with E-state index in [1.807, 2.05) is 44.2 Å². The molecule has 6 rings (SSSR count). The molecule has 0 saturated heterocycles. The van der Waals surface area contributed by atoms with Gasteiger partial charge in [0.25, 0.3) is 11.8 Å². The zero-order chi connectivity index (χ0) is 29.6. The molecule has 0 spiro atoms. The number of sulfonamides is 1. The summed E-state index contributed by atoms with van der Waals surface area (Å²) < 4.78 is 29.7. The van der Waals surface area contributed by atoms with Gasteiger partial charge in [-0.25, -0.2) is 13.1 Å². The monoisotopic (exact) mass is 603 g/mol. The summed E-state index contributed by atoms with van der Waals surface area (Å²) in [5.74, 6) is -0.665. The number of aromatic nitrogens is 2. The molecule has 0 bridgehead atoms. The molecular formula is C31H33N5O4S2. The van der Waals surface area contributed by atoms with Crippen LogP contribution in [0.4, 0.5) is 5.00 Å². The molecule has 42 heavy (non-hydrogen) atoms. The van der Waals surface area contributed by atoms with Gasteiger partial charge in [-0.1, -0.05) is 31.2 Å². The van der Waals surface area contributed by atoms with Crippen LogP contribution in [0.15, 0.2) is 59.5 Å². The second-order valence-corrected chi connectivity index (χ2v) is 13.8. The second kappa shape index (κ2) is 11.2. The van der Waals surface area contributed by atoms with Crippen molar-refractivity contribution in [1.82, 2.24) is 19.0 Å². The van der Waals surface area contributed by atoms with Gasteiger partial charge < -0.3 is 5.32 Å². The molecule has 2 aliphatic rings. The van der Waals surface area contributed by atoms with Gasteiger partial charge in [0.15, 0.2) is 0 Å². The third-order valence-electron chi connectivity index (χ3n) is 8.08. The minimum Gasteiger partial charge on any atom is -0.313 e. The summed E-state index contributed by atoms with van der Waals surface area (Å²) in [6.07, 6.45) is 1.37. The topological polar surface area (TPSA) is 105 Å². The van der Waals surface area contributed by atoms with Gasteiger partial charge >= 0.3 is 0 Å². The summed E-state index contributed by atoms with van der Waals surface area (Å²) in [6.45, 7) is 8.98. The Hall–Kier alpha value is -3.64. The Morgan fingerprint density at radius 3 is 2.40 bits per heavy atom. The van der Waals surface area contributed by atoms with Crippen LogP contribution in [0.5, 0.6) is 0 Å². The molecule has 4 heterocycles. The molecule has 2 aromatic heterocycles. The van der Waals surface area contributed by atoms with E-state index in [1.54, 1.807) is 0 Å². The van der Waals surface area contributed by atoms with E-state index in [0.29, 0.717) is 42.1 Å². The lowest BCUT2D eigenvalue weighted by Gasteiger charge is -2.28. The van der Waals surface area contributed by atoms with Gasteiger partial charge in [0, 0.05) is 42.3 Å². The summed E-state index contributed by atoms with van der Waals surface area (Å²) in [6, 6.07) is 15.7. The van der Waals surface area contributed by atoms with Crippen molar-refractivity contribution in [2.75, 3.05) is 25.0 Å². The maximum absolute atomic E-state index is 13.8. The quantitative estimate of drug-likeness (QED) is 0.345. The lowest BCUT2D eigenvalue weighted by atomic mass is 10.0. The molecule has 0 fully saturated rings. The van der Waals surface area contributed by atoms with Crippen molar-refractivity contribution in [3.05, 3.63) is 98.7 Å². The summed E-state index contributed by atoms with van der Waals surface area (Å²) in [7, 11) is -3.72. The minimum atomic E-state index is -3.72. The maximum atomic E-state index is 13.8. The third-order valence-corrected chi connectivity index (χ3v) is 11.1. The van der Waals surface area contributed by atoms with Crippen LogP contribution >= 0.6 is 11.3 Å². The first-order valence-electron chi connectivity index (χ1n) is 14.1. The third kappa shape index (κ3) is 5.22. The van der Waals surface area contributed by atoms with Crippen LogP contribution in [-0.2, 0) is 36.0 Å². The van der Waals surface area contributed by atoms with Gasteiger partial charge in [-0.05, 0) is 80.3 Å². The first kappa shape index (κ1) is 28.5. The first-order valence-corrected chi connectivity index (χ1v) is 16.3. The van der Waals surface area contributed by atoms with Gasteiger partial charge in [0.05, 0.1) is 16.2 Å². The number of benzene rings is 2. The number of carbonyl (C=O) groups is 2. The Morgan fingerprint density at radius 1 is 0.976 bits per heavy atom. The molecule has 0 unspecified atom stereocenters. The Labute approximate surface area is 249 Å². The SMILES string of the molecule is CCN1CCc2c(sc(NC(=O)c3ccc(S(=O)(=O)N4CCc5ccccc5C4)cc3)c2C(=O)n2nc(C)cc2C)C1. The average molecular weight is 604 g/mol. The van der Waals surface area contributed by atoms with Crippen molar-refractivity contribution >= 4 is 38.2 Å². The van der Waals surface area contributed by atoms with Gasteiger partial charge in [0.2, 0.25) is 10.0 Å². The molecule has 0 atom stereocenters. The fourth-order valence-corrected chi connectivity index (χ4v) is 8.45. The highest BCUT2D eigenvalue weighted by Crippen LogP contribution is 2.38. The number of hydrogen-bond acceptors (Lipinski definition) is 7. The normalized spacial score (nSPS) is 15.7. The van der Waals surface area contributed by atoms with Gasteiger partial charge in [-0.2, -0.15) is 9.40 Å². The molecule has 0 aliphatic carbocycles. The molecular weight excluding hydrogens is 571 g/mol. The predicted molar refractivity (Wildman–Crippen MR) is 163 cm³/mol. The van der Waals surface area contributed by atoms with Crippen LogP contribution in [0.25, 0.3) is 0 Å². The van der Waals surface area contributed by atoms with Crippen molar-refractivity contribution in [3.8, 4) is 0 Å². The molecule has 0 radical (unpaired) electrons. The van der Waals surface area contributed by atoms with Crippen molar-refractivity contribution in [1.29, 1.82) is 0 Å². The fraction of sp³-hybridized carbons (Fsp3) is 0.323. The van der Waals surface area contributed by atoms with Crippen molar-refractivity contribution in [2.24, 2.45) is 0 Å². The molecule has 1 amide bonds. The van der Waals surface area contributed by atoms with Gasteiger partial charge in [-0.15, -0.1) is 11.3 Å². The zero-order valence-corrected chi connectivity index (χ0v) is 25.5. The second-order valence-electron chi connectivity index (χ2n) is 10.8. The Kier molecular flexibility index (Phi) is 7.61. The minimum absolute atomic E-state index is 0.144. The summed E-state index contributed by atoms with van der Waals surface area (Å²) >= 11 is 1.42. The van der Waals surface area contributed by atoms with E-state index in [9.17, 15) is 18.0 Å². The Balaban J connectivity index is 1.25. The predicted octanol–water partition coefficient (Wildman–Crippen LogP) is 4.63. The average Bonchev–Trinajstić information content (AvgIpc) is 3.53. The van der Waals surface area contributed by atoms with Crippen molar-refractivity contribution < 1.29 is 18.0 Å². The number of nitrogens with zero attached hydrogens (tertiary/aromatic N) is 4. The fourth-order valence-electron chi connectivity index (χ4n) is 5.76.